The van der Waals surface area contributed by atoms with Crippen molar-refractivity contribution in [3.05, 3.63) is 22.3 Å². The smallest absolute Gasteiger partial charge is 0.338 e. The highest BCUT2D eigenvalue weighted by molar-refractivity contribution is 6.92. The zero-order valence-corrected chi connectivity index (χ0v) is 21.5. The van der Waals surface area contributed by atoms with E-state index < -0.39 is 28.1 Å². The van der Waals surface area contributed by atoms with E-state index in [1.165, 1.54) is 25.3 Å². The lowest BCUT2D eigenvalue weighted by atomic mass is 9.92. The molecule has 0 bridgehead atoms. The molecular formula is C22H38O4Si2. The summed E-state index contributed by atoms with van der Waals surface area (Å²) in [5, 5.41) is 2.15. The fraction of sp³-hybridized carbons (Fsp3) is 0.636. The Balaban J connectivity index is 4.41. The normalized spacial score (nSPS) is 12.1. The van der Waals surface area contributed by atoms with E-state index in [1.54, 1.807) is 0 Å². The first-order chi connectivity index (χ1) is 12.9. The van der Waals surface area contributed by atoms with Gasteiger partial charge in [-0.05, 0) is 34.3 Å². The molecule has 0 spiro atoms. The number of benzene rings is 1. The van der Waals surface area contributed by atoms with Gasteiger partial charge in [-0.25, -0.2) is 9.59 Å². The Morgan fingerprint density at radius 1 is 0.679 bits per heavy atom. The standard InChI is InChI=1S/C22H38O4Si2/c1-11-13-15-16(14-12-2)20(28(8,9)10)18(22(24)26-4)17(21(23)25-3)19(15)27(5,6)7/h11-14H2,1-10H3. The fourth-order valence-corrected chi connectivity index (χ4v) is 8.49. The first-order valence-corrected chi connectivity index (χ1v) is 17.3. The number of methoxy groups -OCH3 is 2. The van der Waals surface area contributed by atoms with Crippen molar-refractivity contribution in [2.24, 2.45) is 0 Å². The third-order valence-electron chi connectivity index (χ3n) is 5.00. The van der Waals surface area contributed by atoms with Crippen LogP contribution in [0.4, 0.5) is 0 Å². The number of esters is 2. The largest absolute Gasteiger partial charge is 0.465 e. The van der Waals surface area contributed by atoms with Crippen LogP contribution in [0.25, 0.3) is 0 Å². The molecule has 0 atom stereocenters. The van der Waals surface area contributed by atoms with Gasteiger partial charge in [0, 0.05) is 0 Å². The lowest BCUT2D eigenvalue weighted by Crippen LogP contribution is -2.53. The van der Waals surface area contributed by atoms with Gasteiger partial charge in [0.2, 0.25) is 0 Å². The topological polar surface area (TPSA) is 52.6 Å². The van der Waals surface area contributed by atoms with Crippen LogP contribution in [0.2, 0.25) is 39.3 Å². The fourth-order valence-electron chi connectivity index (χ4n) is 4.17. The van der Waals surface area contributed by atoms with Crippen LogP contribution in [-0.2, 0) is 22.3 Å². The van der Waals surface area contributed by atoms with Gasteiger partial charge in [0.15, 0.2) is 0 Å². The van der Waals surface area contributed by atoms with Crippen LogP contribution in [0, 0.1) is 0 Å². The SMILES string of the molecule is CCCc1c(CCC)c([Si](C)(C)C)c(C(=O)OC)c(C(=O)OC)c1[Si](C)(C)C. The molecule has 0 amide bonds. The second-order valence-corrected chi connectivity index (χ2v) is 19.4. The maximum absolute atomic E-state index is 13.0. The highest BCUT2D eigenvalue weighted by atomic mass is 28.3. The second kappa shape index (κ2) is 9.39. The molecule has 0 fully saturated rings. The molecule has 0 aliphatic rings. The van der Waals surface area contributed by atoms with Gasteiger partial charge in [0.1, 0.15) is 0 Å². The van der Waals surface area contributed by atoms with Crippen LogP contribution in [0.3, 0.4) is 0 Å². The van der Waals surface area contributed by atoms with Crippen molar-refractivity contribution in [3.63, 3.8) is 0 Å². The van der Waals surface area contributed by atoms with E-state index in [1.807, 2.05) is 0 Å². The average molecular weight is 423 g/mol. The number of carbonyl (C=O) groups is 2. The van der Waals surface area contributed by atoms with Crippen LogP contribution in [0.5, 0.6) is 0 Å². The predicted octanol–water partition coefficient (Wildman–Crippen LogP) is 4.26. The van der Waals surface area contributed by atoms with Crippen LogP contribution >= 0.6 is 0 Å². The summed E-state index contributed by atoms with van der Waals surface area (Å²) in [6.45, 7) is 17.8. The minimum Gasteiger partial charge on any atom is -0.465 e. The van der Waals surface area contributed by atoms with E-state index in [0.717, 1.165) is 36.1 Å². The molecule has 0 radical (unpaired) electrons. The maximum Gasteiger partial charge on any atom is 0.338 e. The molecular weight excluding hydrogens is 384 g/mol. The molecule has 158 valence electrons. The zero-order valence-electron chi connectivity index (χ0n) is 19.5. The number of carbonyl (C=O) groups excluding carboxylic acids is 2. The molecule has 0 saturated carbocycles. The minimum atomic E-state index is -1.96. The molecule has 0 N–H and O–H groups in total. The van der Waals surface area contributed by atoms with Crippen molar-refractivity contribution in [2.45, 2.75) is 78.8 Å². The number of hydrogen-bond acceptors (Lipinski definition) is 4. The minimum absolute atomic E-state index is 0.419. The van der Waals surface area contributed by atoms with Gasteiger partial charge >= 0.3 is 11.9 Å². The lowest BCUT2D eigenvalue weighted by Gasteiger charge is -2.34. The van der Waals surface area contributed by atoms with Crippen molar-refractivity contribution in [1.29, 1.82) is 0 Å². The molecule has 1 aromatic carbocycles. The van der Waals surface area contributed by atoms with Crippen molar-refractivity contribution >= 4 is 38.5 Å². The molecule has 0 heterocycles. The van der Waals surface area contributed by atoms with E-state index in [9.17, 15) is 9.59 Å². The van der Waals surface area contributed by atoms with Gasteiger partial charge in [-0.15, -0.1) is 0 Å². The van der Waals surface area contributed by atoms with Crippen LogP contribution in [0.15, 0.2) is 0 Å². The molecule has 0 aliphatic heterocycles. The van der Waals surface area contributed by atoms with Gasteiger partial charge in [0.05, 0.1) is 41.5 Å². The van der Waals surface area contributed by atoms with Crippen LogP contribution in [-0.4, -0.2) is 42.3 Å². The summed E-state index contributed by atoms with van der Waals surface area (Å²) < 4.78 is 10.4. The Labute approximate surface area is 173 Å². The van der Waals surface area contributed by atoms with Crippen LogP contribution in [0.1, 0.15) is 58.5 Å². The first-order valence-electron chi connectivity index (χ1n) is 10.3. The van der Waals surface area contributed by atoms with Crippen molar-refractivity contribution in [1.82, 2.24) is 0 Å². The van der Waals surface area contributed by atoms with E-state index >= 15 is 0 Å². The van der Waals surface area contributed by atoms with E-state index in [4.69, 9.17) is 9.47 Å². The summed E-state index contributed by atoms with van der Waals surface area (Å²) in [6.07, 6.45) is 3.82. The summed E-state index contributed by atoms with van der Waals surface area (Å²) in [6, 6.07) is 0. The molecule has 6 heteroatoms. The number of hydrogen-bond donors (Lipinski definition) is 0. The Morgan fingerprint density at radius 3 is 1.14 bits per heavy atom. The van der Waals surface area contributed by atoms with Crippen LogP contribution < -0.4 is 10.4 Å². The highest BCUT2D eigenvalue weighted by Crippen LogP contribution is 2.26. The van der Waals surface area contributed by atoms with Crippen molar-refractivity contribution in [3.8, 4) is 0 Å². The maximum atomic E-state index is 13.0. The first kappa shape index (κ1) is 24.6. The third kappa shape index (κ3) is 4.95. The lowest BCUT2D eigenvalue weighted by molar-refractivity contribution is 0.0557. The second-order valence-electron chi connectivity index (χ2n) is 9.44. The van der Waals surface area contributed by atoms with Gasteiger partial charge in [-0.1, -0.05) is 66.0 Å². The predicted molar refractivity (Wildman–Crippen MR) is 123 cm³/mol. The summed E-state index contributed by atoms with van der Waals surface area (Å²) in [7, 11) is -1.14. The summed E-state index contributed by atoms with van der Waals surface area (Å²) in [5.41, 5.74) is 3.51. The summed E-state index contributed by atoms with van der Waals surface area (Å²) >= 11 is 0. The third-order valence-corrected chi connectivity index (χ3v) is 9.10. The van der Waals surface area contributed by atoms with Gasteiger partial charge < -0.3 is 9.47 Å². The average Bonchev–Trinajstić information content (AvgIpc) is 2.58. The molecule has 0 aromatic heterocycles. The molecule has 1 rings (SSSR count). The van der Waals surface area contributed by atoms with Crippen molar-refractivity contribution < 1.29 is 19.1 Å². The summed E-state index contributed by atoms with van der Waals surface area (Å²) in [4.78, 5) is 26.1. The molecule has 4 nitrogen and oxygen atoms in total. The molecule has 28 heavy (non-hydrogen) atoms. The Bertz CT molecular complexity index is 678. The molecule has 0 saturated heterocycles. The quantitative estimate of drug-likeness (QED) is 0.464. The number of rotatable bonds is 8. The van der Waals surface area contributed by atoms with Gasteiger partial charge in [-0.2, -0.15) is 0 Å². The molecule has 0 unspecified atom stereocenters. The highest BCUT2D eigenvalue weighted by Gasteiger charge is 2.39. The van der Waals surface area contributed by atoms with E-state index in [2.05, 4.69) is 53.1 Å². The summed E-state index contributed by atoms with van der Waals surface area (Å²) in [5.74, 6) is -0.838. The van der Waals surface area contributed by atoms with Gasteiger partial charge in [0.25, 0.3) is 0 Å². The molecule has 0 aliphatic carbocycles. The number of ether oxygens (including phenoxy) is 2. The molecule has 1 aromatic rings. The monoisotopic (exact) mass is 422 g/mol. The zero-order chi connectivity index (χ0) is 21.9. The Hall–Kier alpha value is -1.41. The van der Waals surface area contributed by atoms with E-state index in [0.29, 0.717) is 11.1 Å². The Morgan fingerprint density at radius 2 is 0.964 bits per heavy atom. The van der Waals surface area contributed by atoms with E-state index in [-0.39, 0.29) is 0 Å². The van der Waals surface area contributed by atoms with Gasteiger partial charge in [-0.3, -0.25) is 0 Å². The Kier molecular flexibility index (Phi) is 8.26. The van der Waals surface area contributed by atoms with Crippen molar-refractivity contribution in [2.75, 3.05) is 14.2 Å².